The largest absolute Gasteiger partial charge is 0.444 e. The molecule has 0 N–H and O–H groups in total. The minimum Gasteiger partial charge on any atom is -0.444 e. The lowest BCUT2D eigenvalue weighted by atomic mass is 10.00. The number of rotatable bonds is 2. The molecule has 2 heterocycles. The predicted octanol–water partition coefficient (Wildman–Crippen LogP) is 4.58. The Hall–Kier alpha value is -3.33. The van der Waals surface area contributed by atoms with Gasteiger partial charge in [-0.3, -0.25) is 4.79 Å². The summed E-state index contributed by atoms with van der Waals surface area (Å²) in [5.41, 5.74) is 3.97. The maximum absolute atomic E-state index is 13.0. The van der Waals surface area contributed by atoms with E-state index in [0.717, 1.165) is 35.1 Å². The third kappa shape index (κ3) is 4.41. The minimum atomic E-state index is -0.507. The van der Waals surface area contributed by atoms with Crippen molar-refractivity contribution in [3.63, 3.8) is 0 Å². The summed E-state index contributed by atoms with van der Waals surface area (Å²) >= 11 is 0. The summed E-state index contributed by atoms with van der Waals surface area (Å²) in [6.45, 7) is 7.37. The molecule has 2 aromatic carbocycles. The second-order valence-corrected chi connectivity index (χ2v) is 9.19. The standard InChI is InChI=1S/C25H27N3O3/c1-25(2,3)31-24(30)27-12-10-21(11-13-27)28-16-20-14-19(8-9-22(20)23(28)29)18-6-4-17(15-26)5-7-18/h4-9,14,21H,10-13,16H2,1-3H3. The van der Waals surface area contributed by atoms with Crippen LogP contribution in [0, 0.1) is 11.3 Å². The monoisotopic (exact) mass is 417 g/mol. The molecule has 0 aliphatic carbocycles. The second kappa shape index (κ2) is 8.07. The normalized spacial score (nSPS) is 16.8. The summed E-state index contributed by atoms with van der Waals surface area (Å²) in [6, 6.07) is 15.7. The fourth-order valence-electron chi connectivity index (χ4n) is 4.24. The Kier molecular flexibility index (Phi) is 5.45. The maximum Gasteiger partial charge on any atom is 0.410 e. The number of piperidine rings is 1. The summed E-state index contributed by atoms with van der Waals surface area (Å²) in [5, 5.41) is 8.98. The Balaban J connectivity index is 1.43. The summed E-state index contributed by atoms with van der Waals surface area (Å²) in [6.07, 6.45) is 1.22. The zero-order chi connectivity index (χ0) is 22.2. The first-order valence-electron chi connectivity index (χ1n) is 10.7. The molecule has 0 spiro atoms. The van der Waals surface area contributed by atoms with Gasteiger partial charge in [0, 0.05) is 31.2 Å². The van der Waals surface area contributed by atoms with Crippen LogP contribution in [0.2, 0.25) is 0 Å². The van der Waals surface area contributed by atoms with Crippen LogP contribution in [0.3, 0.4) is 0 Å². The molecular formula is C25H27N3O3. The molecular weight excluding hydrogens is 390 g/mol. The van der Waals surface area contributed by atoms with Crippen molar-refractivity contribution >= 4 is 12.0 Å². The quantitative estimate of drug-likeness (QED) is 0.717. The Bertz CT molecular complexity index is 1040. The van der Waals surface area contributed by atoms with E-state index in [1.54, 1.807) is 17.0 Å². The lowest BCUT2D eigenvalue weighted by Crippen LogP contribution is -2.48. The first kappa shape index (κ1) is 20.9. The number of benzene rings is 2. The van der Waals surface area contributed by atoms with Gasteiger partial charge in [0.2, 0.25) is 0 Å². The van der Waals surface area contributed by atoms with Gasteiger partial charge >= 0.3 is 6.09 Å². The highest BCUT2D eigenvalue weighted by atomic mass is 16.6. The number of hydrogen-bond acceptors (Lipinski definition) is 4. The van der Waals surface area contributed by atoms with Crippen LogP contribution in [0.1, 0.15) is 55.1 Å². The summed E-state index contributed by atoms with van der Waals surface area (Å²) in [7, 11) is 0. The lowest BCUT2D eigenvalue weighted by molar-refractivity contribution is 0.0148. The zero-order valence-corrected chi connectivity index (χ0v) is 18.2. The van der Waals surface area contributed by atoms with Crippen LogP contribution in [0.4, 0.5) is 4.79 Å². The number of fused-ring (bicyclic) bond motifs is 1. The van der Waals surface area contributed by atoms with E-state index in [9.17, 15) is 9.59 Å². The van der Waals surface area contributed by atoms with E-state index in [1.807, 2.05) is 49.9 Å². The van der Waals surface area contributed by atoms with Gasteiger partial charge in [0.25, 0.3) is 5.91 Å². The van der Waals surface area contributed by atoms with E-state index >= 15 is 0 Å². The molecule has 1 saturated heterocycles. The SMILES string of the molecule is CC(C)(C)OC(=O)N1CCC(N2Cc3cc(-c4ccc(C#N)cc4)ccc3C2=O)CC1. The van der Waals surface area contributed by atoms with Crippen molar-refractivity contribution in [3.05, 3.63) is 59.2 Å². The maximum atomic E-state index is 13.0. The molecule has 1 fully saturated rings. The van der Waals surface area contributed by atoms with Gasteiger partial charge in [0.15, 0.2) is 0 Å². The number of amides is 2. The number of carbonyl (C=O) groups is 2. The third-order valence-electron chi connectivity index (χ3n) is 5.84. The highest BCUT2D eigenvalue weighted by molar-refractivity contribution is 5.99. The van der Waals surface area contributed by atoms with Crippen LogP contribution < -0.4 is 0 Å². The van der Waals surface area contributed by atoms with Gasteiger partial charge in [-0.2, -0.15) is 5.26 Å². The molecule has 0 saturated carbocycles. The Labute approximate surface area is 183 Å². The number of ether oxygens (including phenoxy) is 1. The Morgan fingerprint density at radius 2 is 1.71 bits per heavy atom. The van der Waals surface area contributed by atoms with Crippen LogP contribution in [0.25, 0.3) is 11.1 Å². The number of hydrogen-bond donors (Lipinski definition) is 0. The van der Waals surface area contributed by atoms with Gasteiger partial charge in [-0.1, -0.05) is 18.2 Å². The molecule has 2 aromatic rings. The average molecular weight is 418 g/mol. The highest BCUT2D eigenvalue weighted by Gasteiger charge is 2.36. The topological polar surface area (TPSA) is 73.6 Å². The van der Waals surface area contributed by atoms with Gasteiger partial charge < -0.3 is 14.5 Å². The summed E-state index contributed by atoms with van der Waals surface area (Å²) in [4.78, 5) is 29.0. The lowest BCUT2D eigenvalue weighted by Gasteiger charge is -2.37. The molecule has 4 rings (SSSR count). The predicted molar refractivity (Wildman–Crippen MR) is 117 cm³/mol. The fraction of sp³-hybridized carbons (Fsp3) is 0.400. The molecule has 2 aliphatic heterocycles. The first-order valence-corrected chi connectivity index (χ1v) is 10.7. The van der Waals surface area contributed by atoms with Crippen LogP contribution in [-0.2, 0) is 11.3 Å². The molecule has 0 radical (unpaired) electrons. The van der Waals surface area contributed by atoms with Crippen molar-refractivity contribution < 1.29 is 14.3 Å². The van der Waals surface area contributed by atoms with Crippen molar-refractivity contribution in [3.8, 4) is 17.2 Å². The molecule has 0 unspecified atom stereocenters. The third-order valence-corrected chi connectivity index (χ3v) is 5.84. The van der Waals surface area contributed by atoms with Gasteiger partial charge in [0.1, 0.15) is 5.60 Å². The second-order valence-electron chi connectivity index (χ2n) is 9.19. The molecule has 2 aliphatic rings. The smallest absolute Gasteiger partial charge is 0.410 e. The van der Waals surface area contributed by atoms with E-state index in [-0.39, 0.29) is 18.0 Å². The number of nitriles is 1. The molecule has 0 bridgehead atoms. The van der Waals surface area contributed by atoms with E-state index in [4.69, 9.17) is 10.00 Å². The van der Waals surface area contributed by atoms with Gasteiger partial charge in [0.05, 0.1) is 11.6 Å². The fourth-order valence-corrected chi connectivity index (χ4v) is 4.24. The van der Waals surface area contributed by atoms with Crippen LogP contribution in [-0.4, -0.2) is 46.5 Å². The van der Waals surface area contributed by atoms with Crippen LogP contribution >= 0.6 is 0 Å². The zero-order valence-electron chi connectivity index (χ0n) is 18.2. The highest BCUT2D eigenvalue weighted by Crippen LogP contribution is 2.32. The number of likely N-dealkylation sites (tertiary alicyclic amines) is 1. The first-order chi connectivity index (χ1) is 14.7. The molecule has 0 atom stereocenters. The van der Waals surface area contributed by atoms with Crippen molar-refractivity contribution in [2.24, 2.45) is 0 Å². The Morgan fingerprint density at radius 1 is 1.06 bits per heavy atom. The molecule has 31 heavy (non-hydrogen) atoms. The van der Waals surface area contributed by atoms with E-state index < -0.39 is 5.60 Å². The van der Waals surface area contributed by atoms with Crippen LogP contribution in [0.5, 0.6) is 0 Å². The molecule has 6 nitrogen and oxygen atoms in total. The van der Waals surface area contributed by atoms with Crippen molar-refractivity contribution in [2.45, 2.75) is 51.8 Å². The Morgan fingerprint density at radius 3 is 2.32 bits per heavy atom. The van der Waals surface area contributed by atoms with E-state index in [0.29, 0.717) is 25.2 Å². The molecule has 0 aromatic heterocycles. The van der Waals surface area contributed by atoms with E-state index in [2.05, 4.69) is 12.1 Å². The van der Waals surface area contributed by atoms with Gasteiger partial charge in [-0.15, -0.1) is 0 Å². The molecule has 160 valence electrons. The van der Waals surface area contributed by atoms with Gasteiger partial charge in [-0.25, -0.2) is 4.79 Å². The van der Waals surface area contributed by atoms with E-state index in [1.165, 1.54) is 0 Å². The van der Waals surface area contributed by atoms with Crippen LogP contribution in [0.15, 0.2) is 42.5 Å². The molecule has 2 amide bonds. The molecule has 6 heteroatoms. The summed E-state index contributed by atoms with van der Waals surface area (Å²) in [5.74, 6) is 0.0668. The number of nitrogens with zero attached hydrogens (tertiary/aromatic N) is 3. The van der Waals surface area contributed by atoms with Crippen molar-refractivity contribution in [1.82, 2.24) is 9.80 Å². The van der Waals surface area contributed by atoms with Crippen molar-refractivity contribution in [2.75, 3.05) is 13.1 Å². The number of carbonyl (C=O) groups excluding carboxylic acids is 2. The van der Waals surface area contributed by atoms with Gasteiger partial charge in [-0.05, 0) is 74.6 Å². The summed E-state index contributed by atoms with van der Waals surface area (Å²) < 4.78 is 5.47. The average Bonchev–Trinajstić information content (AvgIpc) is 3.08. The minimum absolute atomic E-state index is 0.0668. The van der Waals surface area contributed by atoms with Crippen molar-refractivity contribution in [1.29, 1.82) is 5.26 Å².